The second-order valence-corrected chi connectivity index (χ2v) is 4.95. The largest absolute Gasteiger partial charge is 0.481 e. The molecule has 0 amide bonds. The second-order valence-electron chi connectivity index (χ2n) is 3.86. The Balaban J connectivity index is 2.34. The van der Waals surface area contributed by atoms with E-state index in [0.29, 0.717) is 0 Å². The summed E-state index contributed by atoms with van der Waals surface area (Å²) in [5, 5.41) is 19.7. The molecule has 0 aromatic heterocycles. The lowest BCUT2D eigenvalue weighted by molar-refractivity contribution is -0.175. The molecule has 0 aromatic rings. The van der Waals surface area contributed by atoms with Crippen LogP contribution in [0, 0.1) is 17.3 Å². The van der Waals surface area contributed by atoms with Crippen molar-refractivity contribution in [3.05, 3.63) is 11.5 Å². The van der Waals surface area contributed by atoms with E-state index in [9.17, 15) is 9.59 Å². The highest BCUT2D eigenvalue weighted by Crippen LogP contribution is 2.60. The Labute approximate surface area is 85.0 Å². The minimum Gasteiger partial charge on any atom is -0.481 e. The van der Waals surface area contributed by atoms with Crippen LogP contribution in [-0.2, 0) is 9.59 Å². The van der Waals surface area contributed by atoms with Crippen LogP contribution in [0.15, 0.2) is 11.5 Å². The molecule has 0 saturated heterocycles. The number of aliphatic carboxylic acids is 2. The fourth-order valence-corrected chi connectivity index (χ4v) is 3.88. The quantitative estimate of drug-likeness (QED) is 0.718. The zero-order valence-corrected chi connectivity index (χ0v) is 8.32. The summed E-state index contributed by atoms with van der Waals surface area (Å²) in [5.74, 6) is -2.93. The van der Waals surface area contributed by atoms with Crippen LogP contribution in [0.5, 0.6) is 0 Å². The molecule has 0 aromatic carbocycles. The van der Waals surface area contributed by atoms with E-state index in [1.807, 2.05) is 6.08 Å². The summed E-state index contributed by atoms with van der Waals surface area (Å²) in [7, 11) is 0. The molecule has 2 rings (SSSR count). The fourth-order valence-electron chi connectivity index (χ4n) is 2.34. The van der Waals surface area contributed by atoms with Gasteiger partial charge in [-0.15, -0.1) is 11.8 Å². The summed E-state index contributed by atoms with van der Waals surface area (Å²) in [6.07, 6.45) is 1.81. The first kappa shape index (κ1) is 9.58. The third kappa shape index (κ3) is 0.904. The molecular formula is C9H10O4S. The van der Waals surface area contributed by atoms with Crippen molar-refractivity contribution in [3.8, 4) is 0 Å². The average molecular weight is 214 g/mol. The molecule has 4 nitrogen and oxygen atoms in total. The number of rotatable bonds is 2. The van der Waals surface area contributed by atoms with E-state index in [0.717, 1.165) is 0 Å². The molecule has 4 unspecified atom stereocenters. The number of allylic oxidation sites excluding steroid dienone is 1. The van der Waals surface area contributed by atoms with E-state index in [1.165, 1.54) is 18.7 Å². The molecule has 1 saturated carbocycles. The summed E-state index contributed by atoms with van der Waals surface area (Å²) in [6.45, 7) is 1.52. The van der Waals surface area contributed by atoms with Crippen LogP contribution in [0.1, 0.15) is 6.92 Å². The van der Waals surface area contributed by atoms with E-state index in [4.69, 9.17) is 10.2 Å². The number of carboxylic acids is 2. The van der Waals surface area contributed by atoms with Crippen LogP contribution in [0.3, 0.4) is 0 Å². The molecule has 2 N–H and O–H groups in total. The highest BCUT2D eigenvalue weighted by atomic mass is 32.2. The number of carbonyl (C=O) groups is 2. The van der Waals surface area contributed by atoms with E-state index in [1.54, 1.807) is 5.41 Å². The van der Waals surface area contributed by atoms with E-state index in [-0.39, 0.29) is 11.2 Å². The Morgan fingerprint density at radius 3 is 2.57 bits per heavy atom. The highest BCUT2D eigenvalue weighted by molar-refractivity contribution is 8.03. The lowest BCUT2D eigenvalue weighted by Gasteiger charge is -2.51. The summed E-state index contributed by atoms with van der Waals surface area (Å²) < 4.78 is 0. The molecule has 1 aliphatic heterocycles. The smallest absolute Gasteiger partial charge is 0.310 e. The molecular weight excluding hydrogens is 204 g/mol. The van der Waals surface area contributed by atoms with Crippen molar-refractivity contribution in [1.82, 2.24) is 0 Å². The van der Waals surface area contributed by atoms with Gasteiger partial charge in [0.1, 0.15) is 0 Å². The van der Waals surface area contributed by atoms with Gasteiger partial charge in [0, 0.05) is 11.2 Å². The van der Waals surface area contributed by atoms with Crippen LogP contribution < -0.4 is 0 Å². The number of carboxylic acid groups (broad SMARTS) is 2. The Morgan fingerprint density at radius 2 is 2.07 bits per heavy atom. The molecule has 0 bridgehead atoms. The van der Waals surface area contributed by atoms with E-state index in [2.05, 4.69) is 0 Å². The van der Waals surface area contributed by atoms with Crippen LogP contribution >= 0.6 is 11.8 Å². The summed E-state index contributed by atoms with van der Waals surface area (Å²) in [5.41, 5.74) is -1.13. The number of fused-ring (bicyclic) bond motifs is 1. The second kappa shape index (κ2) is 2.76. The molecule has 2 aliphatic rings. The summed E-state index contributed by atoms with van der Waals surface area (Å²) in [6, 6.07) is 0. The van der Waals surface area contributed by atoms with E-state index < -0.39 is 23.3 Å². The Morgan fingerprint density at radius 1 is 1.43 bits per heavy atom. The van der Waals surface area contributed by atoms with Gasteiger partial charge in [0.05, 0.1) is 11.3 Å². The van der Waals surface area contributed by atoms with Crippen molar-refractivity contribution in [2.75, 3.05) is 0 Å². The lowest BCUT2D eigenvalue weighted by Crippen LogP contribution is -2.62. The highest BCUT2D eigenvalue weighted by Gasteiger charge is 2.67. The van der Waals surface area contributed by atoms with E-state index >= 15 is 0 Å². The van der Waals surface area contributed by atoms with Gasteiger partial charge in [-0.3, -0.25) is 9.59 Å². The SMILES string of the molecule is CC1(C(=O)O)C2C=CSC2C1C(=O)O. The Hall–Kier alpha value is -0.970. The number of hydrogen-bond acceptors (Lipinski definition) is 3. The van der Waals surface area contributed by atoms with Gasteiger partial charge in [0.2, 0.25) is 0 Å². The van der Waals surface area contributed by atoms with Crippen molar-refractivity contribution >= 4 is 23.7 Å². The molecule has 1 heterocycles. The van der Waals surface area contributed by atoms with Crippen molar-refractivity contribution in [1.29, 1.82) is 0 Å². The van der Waals surface area contributed by atoms with Crippen molar-refractivity contribution in [2.24, 2.45) is 17.3 Å². The van der Waals surface area contributed by atoms with Crippen molar-refractivity contribution < 1.29 is 19.8 Å². The first-order chi connectivity index (χ1) is 6.49. The van der Waals surface area contributed by atoms with Gasteiger partial charge in [0.25, 0.3) is 0 Å². The molecule has 4 atom stereocenters. The fraction of sp³-hybridized carbons (Fsp3) is 0.556. The summed E-state index contributed by atoms with van der Waals surface area (Å²) in [4.78, 5) is 22.0. The molecule has 5 heteroatoms. The van der Waals surface area contributed by atoms with Crippen LogP contribution in [0.2, 0.25) is 0 Å². The van der Waals surface area contributed by atoms with Crippen LogP contribution in [0.25, 0.3) is 0 Å². The maximum atomic E-state index is 11.1. The third-order valence-electron chi connectivity index (χ3n) is 3.27. The monoisotopic (exact) mass is 214 g/mol. The lowest BCUT2D eigenvalue weighted by atomic mass is 9.53. The molecule has 0 radical (unpaired) electrons. The zero-order valence-electron chi connectivity index (χ0n) is 7.51. The average Bonchev–Trinajstić information content (AvgIpc) is 2.46. The molecule has 1 aliphatic carbocycles. The van der Waals surface area contributed by atoms with Gasteiger partial charge >= 0.3 is 11.9 Å². The van der Waals surface area contributed by atoms with Gasteiger partial charge in [-0.05, 0) is 12.3 Å². The van der Waals surface area contributed by atoms with Crippen molar-refractivity contribution in [3.63, 3.8) is 0 Å². The normalized spacial score (nSPS) is 44.2. The molecule has 0 spiro atoms. The van der Waals surface area contributed by atoms with Crippen LogP contribution in [-0.4, -0.2) is 27.4 Å². The number of thioether (sulfide) groups is 1. The van der Waals surface area contributed by atoms with Crippen LogP contribution in [0.4, 0.5) is 0 Å². The predicted octanol–water partition coefficient (Wildman–Crippen LogP) is 1.04. The Kier molecular flexibility index (Phi) is 1.89. The maximum Gasteiger partial charge on any atom is 0.310 e. The minimum atomic E-state index is -1.13. The predicted molar refractivity (Wildman–Crippen MR) is 50.9 cm³/mol. The summed E-state index contributed by atoms with van der Waals surface area (Å²) >= 11 is 1.42. The van der Waals surface area contributed by atoms with Gasteiger partial charge in [0.15, 0.2) is 0 Å². The first-order valence-corrected chi connectivity index (χ1v) is 5.22. The Bertz CT molecular complexity index is 338. The third-order valence-corrected chi connectivity index (χ3v) is 4.46. The standard InChI is InChI=1S/C9H10O4S/c1-9(8(12)13)4-2-3-14-6(4)5(9)7(10)11/h2-6H,1H3,(H,10,11)(H,12,13). The van der Waals surface area contributed by atoms with Gasteiger partial charge in [-0.1, -0.05) is 6.08 Å². The molecule has 1 fully saturated rings. The number of hydrogen-bond donors (Lipinski definition) is 2. The molecule has 76 valence electrons. The topological polar surface area (TPSA) is 74.6 Å². The van der Waals surface area contributed by atoms with Gasteiger partial charge < -0.3 is 10.2 Å². The van der Waals surface area contributed by atoms with Gasteiger partial charge in [-0.2, -0.15) is 0 Å². The van der Waals surface area contributed by atoms with Crippen molar-refractivity contribution in [2.45, 2.75) is 12.2 Å². The maximum absolute atomic E-state index is 11.1. The zero-order chi connectivity index (χ0) is 10.5. The first-order valence-electron chi connectivity index (χ1n) is 4.28. The van der Waals surface area contributed by atoms with Gasteiger partial charge in [-0.25, -0.2) is 0 Å². The molecule has 14 heavy (non-hydrogen) atoms. The minimum absolute atomic E-state index is 0.0893.